The van der Waals surface area contributed by atoms with Crippen LogP contribution in [0.25, 0.3) is 0 Å². The van der Waals surface area contributed by atoms with Gasteiger partial charge in [0.1, 0.15) is 12.4 Å². The summed E-state index contributed by atoms with van der Waals surface area (Å²) in [5.41, 5.74) is 0. The lowest BCUT2D eigenvalue weighted by molar-refractivity contribution is -0.138. The minimum Gasteiger partial charge on any atom is -0.379 e. The molecule has 17 nitrogen and oxygen atoms in total. The number of amides is 4. The van der Waals surface area contributed by atoms with Gasteiger partial charge in [-0.1, -0.05) is 54.9 Å². The highest BCUT2D eigenvalue weighted by Crippen LogP contribution is 2.17. The standard InChI is InChI=1S/C37H71N5O10S.C5H11NO/c1-7-31(5)24-40-36(45)27-52-22-21-51-20-18-49-14-10-39-34-26-41(25-33(34)38-9-13-48-17-19-50-16-15-47-8-2)11-12-42(29-43)37(46)23-32(6)53-28-35(44)30(3)4;1-5(2)3-6-4-7/h29-34,38-39H,7-28H2,1-6H3,(H,40,45);4-5H,3H2,1-2H3,(H,6,7). The number of hydrogen-bond donors (Lipinski definition) is 4. The largest absolute Gasteiger partial charge is 0.379 e. The molecule has 1 aliphatic rings. The first kappa shape index (κ1) is 57.7. The van der Waals surface area contributed by atoms with Gasteiger partial charge in [0, 0.05) is 88.6 Å². The summed E-state index contributed by atoms with van der Waals surface area (Å²) in [6.45, 7) is 26.5. The van der Waals surface area contributed by atoms with Crippen molar-refractivity contribution in [2.24, 2.45) is 17.8 Å². The molecule has 0 bridgehead atoms. The van der Waals surface area contributed by atoms with E-state index >= 15 is 0 Å². The average Bonchev–Trinajstić information content (AvgIpc) is 3.62. The number of likely N-dealkylation sites (tertiary alicyclic amines) is 1. The van der Waals surface area contributed by atoms with Gasteiger partial charge in [-0.2, -0.15) is 11.8 Å². The van der Waals surface area contributed by atoms with E-state index < -0.39 is 0 Å². The maximum Gasteiger partial charge on any atom is 0.246 e. The first-order valence-electron chi connectivity index (χ1n) is 21.9. The summed E-state index contributed by atoms with van der Waals surface area (Å²) in [4.78, 5) is 61.6. The van der Waals surface area contributed by atoms with Crippen molar-refractivity contribution in [1.29, 1.82) is 0 Å². The second-order valence-corrected chi connectivity index (χ2v) is 16.9. The Morgan fingerprint density at radius 3 is 1.75 bits per heavy atom. The summed E-state index contributed by atoms with van der Waals surface area (Å²) < 4.78 is 33.2. The predicted octanol–water partition coefficient (Wildman–Crippen LogP) is 1.61. The quantitative estimate of drug-likeness (QED) is 0.0514. The molecule has 0 aromatic heterocycles. The zero-order valence-corrected chi connectivity index (χ0v) is 39.0. The smallest absolute Gasteiger partial charge is 0.246 e. The van der Waals surface area contributed by atoms with Crippen LogP contribution < -0.4 is 21.3 Å². The lowest BCUT2D eigenvalue weighted by Crippen LogP contribution is -2.48. The Labute approximate surface area is 365 Å². The van der Waals surface area contributed by atoms with Gasteiger partial charge in [0.2, 0.25) is 24.6 Å². The SMILES string of the molecule is CC(C)CNC=O.CCOCCOCCOCCNC1CN(CCN(C=O)C(=O)CC(C)SCC(=O)C(C)C)CC1NCCOCCOCCOCC(=O)NCC(C)CC. The number of ether oxygens (including phenoxy) is 6. The van der Waals surface area contributed by atoms with E-state index in [1.807, 2.05) is 27.7 Å². The van der Waals surface area contributed by atoms with E-state index in [0.29, 0.717) is 129 Å². The maximum absolute atomic E-state index is 12.9. The maximum atomic E-state index is 12.9. The normalized spacial score (nSPS) is 16.3. The van der Waals surface area contributed by atoms with Crippen LogP contribution in [0.4, 0.5) is 0 Å². The van der Waals surface area contributed by atoms with Crippen molar-refractivity contribution in [2.75, 3.05) is 137 Å². The molecule has 18 heteroatoms. The molecular weight excluding hydrogens is 797 g/mol. The van der Waals surface area contributed by atoms with E-state index in [4.69, 9.17) is 28.4 Å². The van der Waals surface area contributed by atoms with Gasteiger partial charge in [0.15, 0.2) is 0 Å². The van der Waals surface area contributed by atoms with E-state index in [0.717, 1.165) is 32.5 Å². The highest BCUT2D eigenvalue weighted by Gasteiger charge is 2.32. The molecule has 4 atom stereocenters. The van der Waals surface area contributed by atoms with Crippen molar-refractivity contribution < 1.29 is 52.4 Å². The second-order valence-electron chi connectivity index (χ2n) is 15.5. The summed E-state index contributed by atoms with van der Waals surface area (Å²) in [5, 5.41) is 12.6. The van der Waals surface area contributed by atoms with Gasteiger partial charge in [-0.15, -0.1) is 0 Å². The minimum atomic E-state index is -0.229. The van der Waals surface area contributed by atoms with Gasteiger partial charge >= 0.3 is 0 Å². The van der Waals surface area contributed by atoms with E-state index in [2.05, 4.69) is 53.9 Å². The van der Waals surface area contributed by atoms with E-state index in [-0.39, 0.29) is 53.9 Å². The minimum absolute atomic E-state index is 0.0303. The van der Waals surface area contributed by atoms with Crippen molar-refractivity contribution in [3.8, 4) is 0 Å². The zero-order chi connectivity index (χ0) is 44.8. The number of nitrogens with zero attached hydrogens (tertiary/aromatic N) is 2. The summed E-state index contributed by atoms with van der Waals surface area (Å²) in [6, 6.07) is 0.267. The lowest BCUT2D eigenvalue weighted by atomic mass is 10.1. The van der Waals surface area contributed by atoms with Gasteiger partial charge in [0.05, 0.1) is 71.8 Å². The summed E-state index contributed by atoms with van der Waals surface area (Å²) in [5.74, 6) is 1.16. The Kier molecular flexibility index (Phi) is 38.1. The third-order valence-electron chi connectivity index (χ3n) is 9.30. The number of nitrogens with one attached hydrogen (secondary N) is 4. The van der Waals surface area contributed by atoms with Crippen LogP contribution in [0.3, 0.4) is 0 Å². The fraction of sp³-hybridized carbons (Fsp3) is 0.881. The molecule has 4 unspecified atom stereocenters. The molecule has 60 heavy (non-hydrogen) atoms. The summed E-state index contributed by atoms with van der Waals surface area (Å²) >= 11 is 1.45. The van der Waals surface area contributed by atoms with Gasteiger partial charge in [-0.3, -0.25) is 33.8 Å². The molecule has 0 aliphatic carbocycles. The molecule has 0 aromatic rings. The second kappa shape index (κ2) is 39.6. The van der Waals surface area contributed by atoms with Crippen LogP contribution >= 0.6 is 11.8 Å². The molecule has 4 amide bonds. The fourth-order valence-electron chi connectivity index (χ4n) is 5.37. The van der Waals surface area contributed by atoms with Crippen molar-refractivity contribution in [3.63, 3.8) is 0 Å². The molecule has 0 aromatic carbocycles. The molecule has 1 aliphatic heterocycles. The highest BCUT2D eigenvalue weighted by molar-refractivity contribution is 8.00. The molecule has 0 radical (unpaired) electrons. The number of carbonyl (C=O) groups is 5. The topological polar surface area (TPSA) is 195 Å². The molecule has 1 saturated heterocycles. The molecule has 1 rings (SSSR count). The van der Waals surface area contributed by atoms with Crippen molar-refractivity contribution in [2.45, 2.75) is 85.6 Å². The van der Waals surface area contributed by atoms with Crippen LogP contribution in [0, 0.1) is 17.8 Å². The number of imide groups is 1. The Hall–Kier alpha value is -2.26. The Morgan fingerprint density at radius 2 is 1.28 bits per heavy atom. The number of thioether (sulfide) groups is 1. The molecule has 352 valence electrons. The van der Waals surface area contributed by atoms with Gasteiger partial charge in [-0.05, 0) is 18.8 Å². The predicted molar refractivity (Wildman–Crippen MR) is 236 cm³/mol. The Balaban J connectivity index is 0.00000453. The van der Waals surface area contributed by atoms with Crippen LogP contribution in [-0.4, -0.2) is 195 Å². The molecule has 1 heterocycles. The zero-order valence-electron chi connectivity index (χ0n) is 38.2. The first-order chi connectivity index (χ1) is 28.9. The highest BCUT2D eigenvalue weighted by atomic mass is 32.2. The average molecular weight is 879 g/mol. The van der Waals surface area contributed by atoms with E-state index in [1.165, 1.54) is 16.7 Å². The lowest BCUT2D eigenvalue weighted by Gasteiger charge is -2.22. The fourth-order valence-corrected chi connectivity index (χ4v) is 6.41. The van der Waals surface area contributed by atoms with Gasteiger partial charge < -0.3 is 49.7 Å². The van der Waals surface area contributed by atoms with E-state index in [9.17, 15) is 24.0 Å². The Morgan fingerprint density at radius 1 is 0.750 bits per heavy atom. The van der Waals surface area contributed by atoms with Crippen LogP contribution in [-0.2, 0) is 52.4 Å². The summed E-state index contributed by atoms with van der Waals surface area (Å²) in [6.07, 6.45) is 2.56. The third kappa shape index (κ3) is 33.4. The van der Waals surface area contributed by atoms with Crippen molar-refractivity contribution in [3.05, 3.63) is 0 Å². The van der Waals surface area contributed by atoms with Crippen LogP contribution in [0.1, 0.15) is 68.2 Å². The van der Waals surface area contributed by atoms with Crippen LogP contribution in [0.15, 0.2) is 0 Å². The first-order valence-corrected chi connectivity index (χ1v) is 22.9. The Bertz CT molecular complexity index is 1100. The molecule has 0 saturated carbocycles. The number of carbonyl (C=O) groups excluding carboxylic acids is 5. The van der Waals surface area contributed by atoms with Crippen molar-refractivity contribution >= 4 is 42.2 Å². The molecule has 0 spiro atoms. The molecule has 4 N–H and O–H groups in total. The number of Topliss-reactive ketones (excluding diaryl/α,β-unsaturated/α-hetero) is 1. The van der Waals surface area contributed by atoms with Crippen molar-refractivity contribution in [1.82, 2.24) is 31.1 Å². The third-order valence-corrected chi connectivity index (χ3v) is 10.5. The molecule has 1 fully saturated rings. The van der Waals surface area contributed by atoms with Gasteiger partial charge in [0.25, 0.3) is 0 Å². The van der Waals surface area contributed by atoms with Crippen LogP contribution in [0.2, 0.25) is 0 Å². The van der Waals surface area contributed by atoms with Gasteiger partial charge in [-0.25, -0.2) is 0 Å². The molecular formula is C42H82N6O11S. The summed E-state index contributed by atoms with van der Waals surface area (Å²) in [7, 11) is 0. The van der Waals surface area contributed by atoms with E-state index in [1.54, 1.807) is 0 Å². The number of rotatable bonds is 39. The monoisotopic (exact) mass is 879 g/mol. The number of ketones is 1. The van der Waals surface area contributed by atoms with Crippen LogP contribution in [0.5, 0.6) is 0 Å². The number of hydrogen-bond acceptors (Lipinski definition) is 15.